The van der Waals surface area contributed by atoms with E-state index in [1.807, 2.05) is 4.68 Å². The summed E-state index contributed by atoms with van der Waals surface area (Å²) in [4.78, 5) is 4.15. The topological polar surface area (TPSA) is 30.7 Å². The second-order valence-electron chi connectivity index (χ2n) is 5.25. The van der Waals surface area contributed by atoms with E-state index in [2.05, 4.69) is 87.0 Å². The molecule has 0 fully saturated rings. The molecule has 0 radical (unpaired) electrons. The molecule has 18 heavy (non-hydrogen) atoms. The molecule has 3 nitrogen and oxygen atoms in total. The lowest BCUT2D eigenvalue weighted by Gasteiger charge is -2.19. The van der Waals surface area contributed by atoms with Crippen LogP contribution < -0.4 is 0 Å². The van der Waals surface area contributed by atoms with Crippen LogP contribution in [0.4, 0.5) is 0 Å². The van der Waals surface area contributed by atoms with Gasteiger partial charge < -0.3 is 0 Å². The summed E-state index contributed by atoms with van der Waals surface area (Å²) in [5.41, 5.74) is 2.74. The molecule has 5 heteroatoms. The fraction of sp³-hybridized carbons (Fsp3) is 0.385. The van der Waals surface area contributed by atoms with Crippen LogP contribution in [0.3, 0.4) is 0 Å². The minimum absolute atomic E-state index is 0.190. The van der Waals surface area contributed by atoms with Gasteiger partial charge in [-0.3, -0.25) is 0 Å². The summed E-state index contributed by atoms with van der Waals surface area (Å²) in [5.74, 6) is 0. The van der Waals surface area contributed by atoms with Crippen LogP contribution >= 0.6 is 31.9 Å². The summed E-state index contributed by atoms with van der Waals surface area (Å²) in [6.45, 7) is 7.36. The van der Waals surface area contributed by atoms with Crippen molar-refractivity contribution in [1.82, 2.24) is 14.8 Å². The Kier molecular flexibility index (Phi) is 3.92. The predicted octanol–water partition coefficient (Wildman–Crippen LogP) is 4.15. The van der Waals surface area contributed by atoms with Crippen molar-refractivity contribution in [2.75, 3.05) is 0 Å². The molecule has 0 saturated carbocycles. The Morgan fingerprint density at radius 3 is 2.17 bits per heavy atom. The van der Waals surface area contributed by atoms with Crippen molar-refractivity contribution >= 4 is 31.9 Å². The first-order chi connectivity index (χ1) is 8.36. The van der Waals surface area contributed by atoms with E-state index >= 15 is 0 Å². The Hall–Kier alpha value is -0.680. The zero-order valence-corrected chi connectivity index (χ0v) is 13.8. The maximum Gasteiger partial charge on any atom is 0.218 e. The molecule has 1 heterocycles. The molecule has 2 aromatic rings. The van der Waals surface area contributed by atoms with Crippen LogP contribution in [0.5, 0.6) is 0 Å². The zero-order chi connectivity index (χ0) is 13.3. The highest BCUT2D eigenvalue weighted by Gasteiger charge is 2.13. The van der Waals surface area contributed by atoms with E-state index < -0.39 is 0 Å². The van der Waals surface area contributed by atoms with Crippen molar-refractivity contribution in [1.29, 1.82) is 0 Å². The van der Waals surface area contributed by atoms with Crippen molar-refractivity contribution in [2.24, 2.45) is 0 Å². The minimum Gasteiger partial charge on any atom is -0.235 e. The summed E-state index contributed by atoms with van der Waals surface area (Å²) in [5, 5.41) is 4.25. The van der Waals surface area contributed by atoms with Gasteiger partial charge in [0.2, 0.25) is 4.73 Å². The number of hydrogen-bond donors (Lipinski definition) is 0. The molecule has 0 amide bonds. The third-order valence-corrected chi connectivity index (χ3v) is 3.68. The number of hydrogen-bond acceptors (Lipinski definition) is 2. The van der Waals surface area contributed by atoms with Gasteiger partial charge in [-0.15, -0.1) is 5.10 Å². The van der Waals surface area contributed by atoms with Gasteiger partial charge in [0.15, 0.2) is 4.73 Å². The fourth-order valence-electron chi connectivity index (χ4n) is 1.68. The molecule has 0 bridgehead atoms. The van der Waals surface area contributed by atoms with Crippen LogP contribution in [-0.2, 0) is 12.0 Å². The molecule has 2 rings (SSSR count). The van der Waals surface area contributed by atoms with Crippen LogP contribution in [0.25, 0.3) is 0 Å². The van der Waals surface area contributed by atoms with Gasteiger partial charge in [-0.1, -0.05) is 45.0 Å². The highest BCUT2D eigenvalue weighted by Crippen LogP contribution is 2.22. The summed E-state index contributed by atoms with van der Waals surface area (Å²) >= 11 is 6.64. The molecule has 96 valence electrons. The van der Waals surface area contributed by atoms with Gasteiger partial charge in [-0.2, -0.15) is 4.98 Å². The highest BCUT2D eigenvalue weighted by atomic mass is 79.9. The minimum atomic E-state index is 0.190. The molecule has 0 aliphatic rings. The third kappa shape index (κ3) is 3.20. The van der Waals surface area contributed by atoms with Crippen molar-refractivity contribution < 1.29 is 0 Å². The SMILES string of the molecule is CC(C)(C)c1ccc(Cn2nc(Br)nc2Br)cc1. The quantitative estimate of drug-likeness (QED) is 0.792. The van der Waals surface area contributed by atoms with Gasteiger partial charge in [0, 0.05) is 0 Å². The van der Waals surface area contributed by atoms with Crippen molar-refractivity contribution in [3.05, 3.63) is 44.9 Å². The van der Waals surface area contributed by atoms with E-state index in [0.29, 0.717) is 11.3 Å². The highest BCUT2D eigenvalue weighted by molar-refractivity contribution is 9.11. The third-order valence-electron chi connectivity index (χ3n) is 2.75. The Bertz CT molecular complexity index is 538. The number of nitrogens with zero attached hydrogens (tertiary/aromatic N) is 3. The summed E-state index contributed by atoms with van der Waals surface area (Å²) < 4.78 is 3.14. The first-order valence-corrected chi connectivity index (χ1v) is 7.30. The van der Waals surface area contributed by atoms with E-state index in [-0.39, 0.29) is 5.41 Å². The van der Waals surface area contributed by atoms with Gasteiger partial charge in [0.05, 0.1) is 6.54 Å². The van der Waals surface area contributed by atoms with Gasteiger partial charge >= 0.3 is 0 Å². The molecule has 1 aromatic carbocycles. The largest absolute Gasteiger partial charge is 0.235 e. The van der Waals surface area contributed by atoms with Crippen molar-refractivity contribution in [2.45, 2.75) is 32.7 Å². The molecule has 0 N–H and O–H groups in total. The average molecular weight is 373 g/mol. The molecule has 0 unspecified atom stereocenters. The van der Waals surface area contributed by atoms with E-state index in [4.69, 9.17) is 0 Å². The molecule has 0 aliphatic heterocycles. The molecular weight excluding hydrogens is 358 g/mol. The first-order valence-electron chi connectivity index (χ1n) is 5.71. The van der Waals surface area contributed by atoms with Gasteiger partial charge in [0.1, 0.15) is 0 Å². The number of benzene rings is 1. The molecule has 0 spiro atoms. The van der Waals surface area contributed by atoms with Crippen LogP contribution in [0.15, 0.2) is 33.7 Å². The lowest BCUT2D eigenvalue weighted by atomic mass is 9.87. The zero-order valence-electron chi connectivity index (χ0n) is 10.6. The molecular formula is C13H15Br2N3. The van der Waals surface area contributed by atoms with E-state index in [1.165, 1.54) is 11.1 Å². The lowest BCUT2D eigenvalue weighted by molar-refractivity contribution is 0.589. The van der Waals surface area contributed by atoms with Crippen molar-refractivity contribution in [3.8, 4) is 0 Å². The predicted molar refractivity (Wildman–Crippen MR) is 79.7 cm³/mol. The monoisotopic (exact) mass is 371 g/mol. The van der Waals surface area contributed by atoms with E-state index in [0.717, 1.165) is 4.73 Å². The summed E-state index contributed by atoms with van der Waals surface area (Å²) in [6, 6.07) is 8.63. The van der Waals surface area contributed by atoms with E-state index in [9.17, 15) is 0 Å². The number of rotatable bonds is 2. The van der Waals surface area contributed by atoms with Crippen LogP contribution in [0, 0.1) is 0 Å². The maximum atomic E-state index is 4.25. The van der Waals surface area contributed by atoms with Gasteiger partial charge in [-0.25, -0.2) is 4.68 Å². The normalized spacial score (nSPS) is 11.8. The second-order valence-corrected chi connectivity index (χ2v) is 6.67. The number of aromatic nitrogens is 3. The summed E-state index contributed by atoms with van der Waals surface area (Å²) in [6.07, 6.45) is 0. The summed E-state index contributed by atoms with van der Waals surface area (Å²) in [7, 11) is 0. The molecule has 0 aliphatic carbocycles. The van der Waals surface area contributed by atoms with Crippen molar-refractivity contribution in [3.63, 3.8) is 0 Å². The lowest BCUT2D eigenvalue weighted by Crippen LogP contribution is -2.11. The Labute approximate surface area is 124 Å². The molecule has 1 aromatic heterocycles. The van der Waals surface area contributed by atoms with E-state index in [1.54, 1.807) is 0 Å². The average Bonchev–Trinajstić information content (AvgIpc) is 2.57. The van der Waals surface area contributed by atoms with Crippen LogP contribution in [0.1, 0.15) is 31.9 Å². The second kappa shape index (κ2) is 5.13. The van der Waals surface area contributed by atoms with Gasteiger partial charge in [0.25, 0.3) is 0 Å². The smallest absolute Gasteiger partial charge is 0.218 e. The Morgan fingerprint density at radius 1 is 1.11 bits per heavy atom. The molecule has 0 saturated heterocycles. The standard InChI is InChI=1S/C13H15Br2N3/c1-13(2,3)10-6-4-9(5-7-10)8-18-12(15)16-11(14)17-18/h4-7H,8H2,1-3H3. The maximum absolute atomic E-state index is 4.25. The Morgan fingerprint density at radius 2 is 1.72 bits per heavy atom. The fourth-order valence-corrected chi connectivity index (χ4v) is 2.65. The first kappa shape index (κ1) is 13.7. The number of halogens is 2. The Balaban J connectivity index is 2.18. The van der Waals surface area contributed by atoms with Crippen LogP contribution in [-0.4, -0.2) is 14.8 Å². The molecule has 0 atom stereocenters. The van der Waals surface area contributed by atoms with Gasteiger partial charge in [-0.05, 0) is 48.4 Å². The van der Waals surface area contributed by atoms with Crippen LogP contribution in [0.2, 0.25) is 0 Å².